The number of hydrogen-bond acceptors (Lipinski definition) is 3. The van der Waals surface area contributed by atoms with Crippen LogP contribution >= 0.6 is 0 Å². The van der Waals surface area contributed by atoms with Gasteiger partial charge in [-0.2, -0.15) is 0 Å². The first-order chi connectivity index (χ1) is 27.2. The van der Waals surface area contributed by atoms with Gasteiger partial charge in [-0.05, 0) is 124 Å². The second-order valence-corrected chi connectivity index (χ2v) is 14.4. The van der Waals surface area contributed by atoms with Crippen LogP contribution in [0.1, 0.15) is 18.4 Å². The van der Waals surface area contributed by atoms with Crippen molar-refractivity contribution in [3.05, 3.63) is 194 Å². The monoisotopic (exact) mass is 705 g/mol. The lowest BCUT2D eigenvalue weighted by atomic mass is 9.97. The van der Waals surface area contributed by atoms with E-state index in [1.807, 2.05) is 24.3 Å². The van der Waals surface area contributed by atoms with Gasteiger partial charge >= 0.3 is 0 Å². The third-order valence-electron chi connectivity index (χ3n) is 11.2. The molecule has 0 aliphatic heterocycles. The molecule has 2 heterocycles. The molecule has 11 rings (SSSR count). The topological polar surface area (TPSA) is 29.5 Å². The summed E-state index contributed by atoms with van der Waals surface area (Å²) in [5, 5.41) is 7.02. The average Bonchev–Trinajstić information content (AvgIpc) is 3.84. The number of allylic oxidation sites excluding steroid dienone is 4. The van der Waals surface area contributed by atoms with E-state index in [1.54, 1.807) is 0 Å². The number of furan rings is 2. The van der Waals surface area contributed by atoms with Crippen molar-refractivity contribution in [3.63, 3.8) is 0 Å². The third kappa shape index (κ3) is 5.35. The molecule has 0 amide bonds. The van der Waals surface area contributed by atoms with Gasteiger partial charge in [-0.25, -0.2) is 0 Å². The fraction of sp³-hybridized carbons (Fsp3) is 0.0385. The Labute approximate surface area is 318 Å². The highest BCUT2D eigenvalue weighted by molar-refractivity contribution is 6.19. The molecule has 0 spiro atoms. The van der Waals surface area contributed by atoms with Crippen LogP contribution in [0.2, 0.25) is 0 Å². The number of nitrogens with zero attached hydrogens (tertiary/aromatic N) is 1. The summed E-state index contributed by atoms with van der Waals surface area (Å²) >= 11 is 0. The predicted molar refractivity (Wildman–Crippen MR) is 230 cm³/mol. The van der Waals surface area contributed by atoms with Crippen LogP contribution in [0.3, 0.4) is 0 Å². The molecule has 1 aliphatic rings. The highest BCUT2D eigenvalue weighted by Gasteiger charge is 2.17. The lowest BCUT2D eigenvalue weighted by molar-refractivity contribution is 0.668. The van der Waals surface area contributed by atoms with Gasteiger partial charge in [0.25, 0.3) is 0 Å². The molecule has 55 heavy (non-hydrogen) atoms. The number of rotatable bonds is 6. The highest BCUT2D eigenvalue weighted by Crippen LogP contribution is 2.41. The zero-order chi connectivity index (χ0) is 36.3. The summed E-state index contributed by atoms with van der Waals surface area (Å²) in [5.74, 6) is 0. The molecule has 260 valence electrons. The lowest BCUT2D eigenvalue weighted by Crippen LogP contribution is -2.10. The first kappa shape index (κ1) is 31.4. The standard InChI is InChI=1S/C52H35NO2/c1-2-9-34(10-3-1)35-17-25-40(26-18-35)53(42-29-21-37(22-30-42)43-13-8-16-49-51(43)45-11-4-6-14-47(45)54-49)41-27-19-36(20-28-41)38-23-31-44-39(33-38)24-32-50-52(44)46-12-5-7-15-48(46)55-50/h1-2,4-9,11-33H,3,10H2. The summed E-state index contributed by atoms with van der Waals surface area (Å²) in [5.41, 5.74) is 14.3. The van der Waals surface area contributed by atoms with Gasteiger partial charge in [-0.15, -0.1) is 0 Å². The van der Waals surface area contributed by atoms with Crippen molar-refractivity contribution < 1.29 is 8.83 Å². The van der Waals surface area contributed by atoms with Crippen LogP contribution in [0.25, 0.3) is 82.5 Å². The number of hydrogen-bond donors (Lipinski definition) is 0. The number of fused-ring (bicyclic) bond motifs is 8. The molecule has 0 fully saturated rings. The SMILES string of the molecule is C1=CCCC(c2ccc(N(c3ccc(-c4ccc5c(ccc6oc7ccccc7c65)c4)cc3)c3ccc(-c4cccc5oc6ccccc6c45)cc3)cc2)=C1. The molecule has 0 radical (unpaired) electrons. The van der Waals surface area contributed by atoms with Crippen LogP contribution in [0.15, 0.2) is 197 Å². The molecule has 0 unspecified atom stereocenters. The molecular formula is C52H35NO2. The maximum absolute atomic E-state index is 6.22. The van der Waals surface area contributed by atoms with E-state index >= 15 is 0 Å². The first-order valence-electron chi connectivity index (χ1n) is 19.0. The second-order valence-electron chi connectivity index (χ2n) is 14.4. The Bertz CT molecular complexity index is 3120. The van der Waals surface area contributed by atoms with E-state index in [-0.39, 0.29) is 0 Å². The van der Waals surface area contributed by atoms with Crippen molar-refractivity contribution in [2.24, 2.45) is 0 Å². The Morgan fingerprint density at radius 1 is 0.418 bits per heavy atom. The van der Waals surface area contributed by atoms with Crippen LogP contribution in [0.5, 0.6) is 0 Å². The van der Waals surface area contributed by atoms with Crippen LogP contribution in [-0.2, 0) is 0 Å². The van der Waals surface area contributed by atoms with E-state index in [0.29, 0.717) is 0 Å². The number of para-hydroxylation sites is 2. The highest BCUT2D eigenvalue weighted by atomic mass is 16.3. The first-order valence-corrected chi connectivity index (χ1v) is 19.0. The van der Waals surface area contributed by atoms with Gasteiger partial charge in [-0.1, -0.05) is 121 Å². The van der Waals surface area contributed by atoms with E-state index in [4.69, 9.17) is 8.83 Å². The minimum absolute atomic E-state index is 0.905. The quantitative estimate of drug-likeness (QED) is 0.172. The average molecular weight is 706 g/mol. The number of benzene rings is 8. The molecule has 3 heteroatoms. The Morgan fingerprint density at radius 3 is 1.67 bits per heavy atom. The second kappa shape index (κ2) is 12.8. The van der Waals surface area contributed by atoms with Crippen molar-refractivity contribution >= 4 is 77.3 Å². The summed E-state index contributed by atoms with van der Waals surface area (Å²) in [6.45, 7) is 0. The fourth-order valence-corrected chi connectivity index (χ4v) is 8.46. The van der Waals surface area contributed by atoms with Crippen LogP contribution in [0, 0.1) is 0 Å². The number of anilines is 3. The van der Waals surface area contributed by atoms with Crippen LogP contribution in [0.4, 0.5) is 17.1 Å². The molecule has 0 N–H and O–H groups in total. The summed E-state index contributed by atoms with van der Waals surface area (Å²) in [6, 6.07) is 60.8. The van der Waals surface area contributed by atoms with Gasteiger partial charge in [0.2, 0.25) is 0 Å². The predicted octanol–water partition coefficient (Wildman–Crippen LogP) is 15.2. The zero-order valence-electron chi connectivity index (χ0n) is 30.1. The third-order valence-corrected chi connectivity index (χ3v) is 11.2. The Hall–Kier alpha value is -7.10. The minimum atomic E-state index is 0.905. The van der Waals surface area contributed by atoms with E-state index in [2.05, 4.69) is 169 Å². The largest absolute Gasteiger partial charge is 0.456 e. The van der Waals surface area contributed by atoms with Crippen molar-refractivity contribution in [2.75, 3.05) is 4.90 Å². The molecule has 0 saturated carbocycles. The Balaban J connectivity index is 0.975. The van der Waals surface area contributed by atoms with E-state index in [0.717, 1.165) is 74.0 Å². The maximum Gasteiger partial charge on any atom is 0.136 e. The Kier molecular flexibility index (Phi) is 7.31. The molecule has 8 aromatic carbocycles. The summed E-state index contributed by atoms with van der Waals surface area (Å²) in [7, 11) is 0. The molecule has 10 aromatic rings. The fourth-order valence-electron chi connectivity index (χ4n) is 8.46. The van der Waals surface area contributed by atoms with E-state index < -0.39 is 0 Å². The van der Waals surface area contributed by atoms with E-state index in [9.17, 15) is 0 Å². The van der Waals surface area contributed by atoms with Gasteiger partial charge in [0.15, 0.2) is 0 Å². The zero-order valence-corrected chi connectivity index (χ0v) is 30.1. The molecule has 0 atom stereocenters. The van der Waals surface area contributed by atoms with Crippen LogP contribution < -0.4 is 4.90 Å². The van der Waals surface area contributed by atoms with Gasteiger partial charge in [0.1, 0.15) is 22.3 Å². The summed E-state index contributed by atoms with van der Waals surface area (Å²) < 4.78 is 12.4. The Morgan fingerprint density at radius 2 is 1.00 bits per heavy atom. The minimum Gasteiger partial charge on any atom is -0.456 e. The van der Waals surface area contributed by atoms with Crippen molar-refractivity contribution in [1.29, 1.82) is 0 Å². The van der Waals surface area contributed by atoms with Gasteiger partial charge in [0, 0.05) is 38.6 Å². The molecule has 3 nitrogen and oxygen atoms in total. The maximum atomic E-state index is 6.22. The molecule has 0 saturated heterocycles. The molecule has 1 aliphatic carbocycles. The smallest absolute Gasteiger partial charge is 0.136 e. The van der Waals surface area contributed by atoms with Gasteiger partial charge in [-0.3, -0.25) is 0 Å². The van der Waals surface area contributed by atoms with Crippen LogP contribution in [-0.4, -0.2) is 0 Å². The van der Waals surface area contributed by atoms with Gasteiger partial charge in [0.05, 0.1) is 0 Å². The normalized spacial score (nSPS) is 13.0. The molecule has 0 bridgehead atoms. The summed E-state index contributed by atoms with van der Waals surface area (Å²) in [4.78, 5) is 2.35. The summed E-state index contributed by atoms with van der Waals surface area (Å²) in [6.07, 6.45) is 8.80. The molecular weight excluding hydrogens is 671 g/mol. The van der Waals surface area contributed by atoms with Crippen molar-refractivity contribution in [2.45, 2.75) is 12.8 Å². The van der Waals surface area contributed by atoms with Crippen molar-refractivity contribution in [3.8, 4) is 22.3 Å². The van der Waals surface area contributed by atoms with Crippen molar-refractivity contribution in [1.82, 2.24) is 0 Å². The lowest BCUT2D eigenvalue weighted by Gasteiger charge is -2.26. The van der Waals surface area contributed by atoms with Gasteiger partial charge < -0.3 is 13.7 Å². The molecule has 2 aromatic heterocycles. The van der Waals surface area contributed by atoms with E-state index in [1.165, 1.54) is 44.0 Å².